The van der Waals surface area contributed by atoms with Crippen LogP contribution >= 0.6 is 0 Å². The van der Waals surface area contributed by atoms with E-state index in [1.807, 2.05) is 24.3 Å². The van der Waals surface area contributed by atoms with Crippen molar-refractivity contribution in [3.8, 4) is 17.0 Å². The maximum atomic E-state index is 13.4. The second-order valence-corrected chi connectivity index (χ2v) is 7.45. The molecule has 0 saturated heterocycles. The molecule has 1 N–H and O–H groups in total. The van der Waals surface area contributed by atoms with Gasteiger partial charge in [-0.2, -0.15) is 0 Å². The minimum Gasteiger partial charge on any atom is -0.495 e. The molecule has 0 saturated carbocycles. The number of imidazole rings is 1. The predicted octanol–water partition coefficient (Wildman–Crippen LogP) is 4.10. The Morgan fingerprint density at radius 1 is 1.00 bits per heavy atom. The van der Waals surface area contributed by atoms with Crippen molar-refractivity contribution in [2.24, 2.45) is 0 Å². The molecule has 33 heavy (non-hydrogen) atoms. The summed E-state index contributed by atoms with van der Waals surface area (Å²) in [5, 5.41) is 2.85. The average molecular weight is 442 g/mol. The highest BCUT2D eigenvalue weighted by Gasteiger charge is 2.18. The number of hydrogen-bond acceptors (Lipinski definition) is 4. The number of carbonyl (C=O) groups excluding carboxylic acids is 1. The van der Waals surface area contributed by atoms with E-state index in [2.05, 4.69) is 10.3 Å². The number of aromatic nitrogens is 3. The Morgan fingerprint density at radius 3 is 2.45 bits per heavy atom. The molecule has 0 unspecified atom stereocenters. The van der Waals surface area contributed by atoms with Crippen LogP contribution in [0.25, 0.3) is 28.1 Å². The van der Waals surface area contributed by atoms with E-state index in [4.69, 9.17) is 4.74 Å². The standard InChI is InChI=1S/C25H19FN4O3/c1-33-22-9-5-2-6-18(22)27-23(31)15-29-20-7-3-4-8-21(20)30-24(32)14-19(28-25(29)30)16-10-12-17(26)13-11-16/h2-14H,15H2,1H3,(H,27,31). The number of rotatable bonds is 5. The van der Waals surface area contributed by atoms with Crippen LogP contribution in [0.2, 0.25) is 0 Å². The lowest BCUT2D eigenvalue weighted by Gasteiger charge is -2.11. The Balaban J connectivity index is 1.62. The lowest BCUT2D eigenvalue weighted by Crippen LogP contribution is -2.21. The number of amides is 1. The summed E-state index contributed by atoms with van der Waals surface area (Å²) in [7, 11) is 1.53. The molecule has 1 amide bonds. The summed E-state index contributed by atoms with van der Waals surface area (Å²) in [5.74, 6) is 0.182. The van der Waals surface area contributed by atoms with E-state index in [9.17, 15) is 14.0 Å². The van der Waals surface area contributed by atoms with Crippen LogP contribution in [0, 0.1) is 5.82 Å². The monoisotopic (exact) mass is 442 g/mol. The van der Waals surface area contributed by atoms with E-state index in [0.29, 0.717) is 39.5 Å². The third-order valence-corrected chi connectivity index (χ3v) is 5.38. The minimum absolute atomic E-state index is 0.0750. The van der Waals surface area contributed by atoms with Crippen molar-refractivity contribution in [1.82, 2.24) is 14.0 Å². The minimum atomic E-state index is -0.376. The molecule has 2 heterocycles. The molecule has 3 aromatic carbocycles. The summed E-state index contributed by atoms with van der Waals surface area (Å²) in [4.78, 5) is 30.7. The SMILES string of the molecule is COc1ccccc1NC(=O)Cn1c2ccccc2n2c(=O)cc(-c3ccc(F)cc3)nc12. The molecule has 0 radical (unpaired) electrons. The topological polar surface area (TPSA) is 77.6 Å². The van der Waals surface area contributed by atoms with Crippen LogP contribution in [0.1, 0.15) is 0 Å². The molecule has 5 aromatic rings. The molecule has 0 spiro atoms. The number of methoxy groups -OCH3 is 1. The Bertz CT molecular complexity index is 1550. The summed E-state index contributed by atoms with van der Waals surface area (Å²) >= 11 is 0. The zero-order valence-corrected chi connectivity index (χ0v) is 17.7. The number of para-hydroxylation sites is 4. The van der Waals surface area contributed by atoms with Crippen molar-refractivity contribution in [2.75, 3.05) is 12.4 Å². The van der Waals surface area contributed by atoms with Crippen molar-refractivity contribution in [3.05, 3.63) is 95.0 Å². The number of carbonyl (C=O) groups is 1. The summed E-state index contributed by atoms with van der Waals surface area (Å²) < 4.78 is 21.8. The van der Waals surface area contributed by atoms with Crippen LogP contribution in [-0.4, -0.2) is 27.0 Å². The number of halogens is 1. The first-order valence-corrected chi connectivity index (χ1v) is 10.2. The van der Waals surface area contributed by atoms with Gasteiger partial charge >= 0.3 is 0 Å². The Hall–Kier alpha value is -4.46. The van der Waals surface area contributed by atoms with Crippen LogP contribution in [0.5, 0.6) is 5.75 Å². The zero-order valence-electron chi connectivity index (χ0n) is 17.7. The highest BCUT2D eigenvalue weighted by atomic mass is 19.1. The Morgan fingerprint density at radius 2 is 1.70 bits per heavy atom. The van der Waals surface area contributed by atoms with E-state index in [1.165, 1.54) is 29.7 Å². The van der Waals surface area contributed by atoms with Crippen LogP contribution in [0.4, 0.5) is 10.1 Å². The lowest BCUT2D eigenvalue weighted by molar-refractivity contribution is -0.116. The van der Waals surface area contributed by atoms with E-state index in [-0.39, 0.29) is 23.8 Å². The third kappa shape index (κ3) is 3.71. The zero-order chi connectivity index (χ0) is 22.9. The molecular weight excluding hydrogens is 423 g/mol. The molecule has 0 aliphatic heterocycles. The molecule has 0 aliphatic rings. The number of fused-ring (bicyclic) bond motifs is 3. The van der Waals surface area contributed by atoms with Crippen molar-refractivity contribution < 1.29 is 13.9 Å². The average Bonchev–Trinajstić information content (AvgIpc) is 3.14. The largest absolute Gasteiger partial charge is 0.495 e. The number of anilines is 1. The molecule has 2 aromatic heterocycles. The third-order valence-electron chi connectivity index (χ3n) is 5.38. The van der Waals surface area contributed by atoms with Crippen molar-refractivity contribution in [3.63, 3.8) is 0 Å². The normalized spacial score (nSPS) is 11.1. The molecule has 0 bridgehead atoms. The smallest absolute Gasteiger partial charge is 0.260 e. The molecule has 8 heteroatoms. The molecule has 164 valence electrons. The van der Waals surface area contributed by atoms with Gasteiger partial charge in [0.15, 0.2) is 0 Å². The Kier molecular flexibility index (Phi) is 5.10. The van der Waals surface area contributed by atoms with Gasteiger partial charge in [0.2, 0.25) is 11.7 Å². The fourth-order valence-corrected chi connectivity index (χ4v) is 3.87. The van der Waals surface area contributed by atoms with Crippen LogP contribution < -0.4 is 15.6 Å². The van der Waals surface area contributed by atoms with Gasteiger partial charge in [-0.3, -0.25) is 9.59 Å². The lowest BCUT2D eigenvalue weighted by atomic mass is 10.1. The fourth-order valence-electron chi connectivity index (χ4n) is 3.87. The summed E-state index contributed by atoms with van der Waals surface area (Å²) in [6, 6.07) is 21.6. The molecular formula is C25H19FN4O3. The van der Waals surface area contributed by atoms with E-state index >= 15 is 0 Å². The quantitative estimate of drug-likeness (QED) is 0.445. The van der Waals surface area contributed by atoms with Crippen LogP contribution in [0.15, 0.2) is 83.7 Å². The molecule has 5 rings (SSSR count). The molecule has 7 nitrogen and oxygen atoms in total. The van der Waals surface area contributed by atoms with Gasteiger partial charge in [0.1, 0.15) is 18.1 Å². The van der Waals surface area contributed by atoms with Crippen LogP contribution in [-0.2, 0) is 11.3 Å². The van der Waals surface area contributed by atoms with Crippen molar-refractivity contribution >= 4 is 28.4 Å². The first-order valence-electron chi connectivity index (χ1n) is 10.2. The van der Waals surface area contributed by atoms with Gasteiger partial charge < -0.3 is 14.6 Å². The number of nitrogens with zero attached hydrogens (tertiary/aromatic N) is 3. The van der Waals surface area contributed by atoms with Crippen LogP contribution in [0.3, 0.4) is 0 Å². The first-order chi connectivity index (χ1) is 16.0. The second-order valence-electron chi connectivity index (χ2n) is 7.45. The Labute approximate surface area is 187 Å². The number of benzene rings is 3. The second kappa shape index (κ2) is 8.23. The molecule has 0 atom stereocenters. The maximum Gasteiger partial charge on any atom is 0.260 e. The number of hydrogen-bond donors (Lipinski definition) is 1. The van der Waals surface area contributed by atoms with Gasteiger partial charge in [-0.1, -0.05) is 24.3 Å². The van der Waals surface area contributed by atoms with Crippen molar-refractivity contribution in [2.45, 2.75) is 6.54 Å². The van der Waals surface area contributed by atoms with Crippen molar-refractivity contribution in [1.29, 1.82) is 0 Å². The number of nitrogens with one attached hydrogen (secondary N) is 1. The summed E-state index contributed by atoms with van der Waals surface area (Å²) in [6.07, 6.45) is 0. The highest BCUT2D eigenvalue weighted by molar-refractivity contribution is 5.94. The molecule has 0 aliphatic carbocycles. The van der Waals surface area contributed by atoms with Gasteiger partial charge in [-0.15, -0.1) is 0 Å². The van der Waals surface area contributed by atoms with Gasteiger partial charge in [-0.05, 0) is 48.5 Å². The first kappa shape index (κ1) is 20.4. The fraction of sp³-hybridized carbons (Fsp3) is 0.0800. The van der Waals surface area contributed by atoms with E-state index in [1.54, 1.807) is 41.0 Å². The highest BCUT2D eigenvalue weighted by Crippen LogP contribution is 2.25. The number of ether oxygens (including phenoxy) is 1. The van der Waals surface area contributed by atoms with Gasteiger partial charge in [0.25, 0.3) is 5.56 Å². The van der Waals surface area contributed by atoms with Gasteiger partial charge in [-0.25, -0.2) is 13.8 Å². The predicted molar refractivity (Wildman–Crippen MR) is 124 cm³/mol. The van der Waals surface area contributed by atoms with E-state index < -0.39 is 0 Å². The maximum absolute atomic E-state index is 13.4. The molecule has 0 fully saturated rings. The van der Waals surface area contributed by atoms with Gasteiger partial charge in [0.05, 0.1) is 29.5 Å². The van der Waals surface area contributed by atoms with Gasteiger partial charge in [0, 0.05) is 11.6 Å². The summed E-state index contributed by atoms with van der Waals surface area (Å²) in [6.45, 7) is -0.0750. The summed E-state index contributed by atoms with van der Waals surface area (Å²) in [5.41, 5.74) is 2.58. The van der Waals surface area contributed by atoms with E-state index in [0.717, 1.165) is 0 Å².